The van der Waals surface area contributed by atoms with Crippen molar-refractivity contribution in [2.45, 2.75) is 89.8 Å². The summed E-state index contributed by atoms with van der Waals surface area (Å²) in [5.74, 6) is -6.42. The van der Waals surface area contributed by atoms with Crippen molar-refractivity contribution in [2.24, 2.45) is 23.5 Å². The number of benzene rings is 4. The zero-order valence-corrected chi connectivity index (χ0v) is 39.6. The molecule has 1 saturated heterocycles. The number of halogens is 1. The van der Waals surface area contributed by atoms with Gasteiger partial charge in [-0.15, -0.1) is 0 Å². The number of likely N-dealkylation sites (N-methyl/N-ethyl adjacent to an activating group) is 1. The van der Waals surface area contributed by atoms with Gasteiger partial charge in [-0.1, -0.05) is 80.4 Å². The summed E-state index contributed by atoms with van der Waals surface area (Å²) < 4.78 is 0. The maximum atomic E-state index is 14.7. The third-order valence-corrected chi connectivity index (χ3v) is 13.2. The highest BCUT2D eigenvalue weighted by Gasteiger charge is 2.39. The molecule has 1 fully saturated rings. The Morgan fingerprint density at radius 1 is 0.897 bits per heavy atom. The van der Waals surface area contributed by atoms with E-state index in [4.69, 9.17) is 22.2 Å². The molecule has 68 heavy (non-hydrogen) atoms. The van der Waals surface area contributed by atoms with Crippen LogP contribution in [-0.2, 0) is 40.0 Å². The normalized spacial score (nSPS) is 19.3. The number of unbranched alkanes of at least 4 members (excludes halogenated alkanes) is 1. The van der Waals surface area contributed by atoms with Crippen molar-refractivity contribution in [2.75, 3.05) is 27.2 Å². The fourth-order valence-electron chi connectivity index (χ4n) is 9.17. The summed E-state index contributed by atoms with van der Waals surface area (Å²) in [4.78, 5) is 105. The molecule has 0 aromatic heterocycles. The summed E-state index contributed by atoms with van der Waals surface area (Å²) in [6.07, 6.45) is 1.60. The maximum absolute atomic E-state index is 14.7. The second-order valence-electron chi connectivity index (χ2n) is 17.9. The number of hydrogen-bond acceptors (Lipinski definition) is 11. The lowest BCUT2D eigenvalue weighted by Gasteiger charge is -2.32. The number of nitrogens with two attached hydrogens (primary N) is 1. The molecule has 6 atom stereocenters. The van der Waals surface area contributed by atoms with E-state index in [1.54, 1.807) is 43.3 Å². The number of phenols is 2. The van der Waals surface area contributed by atoms with E-state index in [9.17, 15) is 43.8 Å². The first-order valence-corrected chi connectivity index (χ1v) is 23.4. The van der Waals surface area contributed by atoms with Gasteiger partial charge in [0.05, 0.1) is 13.2 Å². The quantitative estimate of drug-likeness (QED) is 0.0463. The molecular formula is C52H60ClN5O10. The topological polar surface area (TPSA) is 226 Å². The minimum absolute atomic E-state index is 0.0565. The predicted octanol–water partition coefficient (Wildman–Crippen LogP) is 6.50. The van der Waals surface area contributed by atoms with Crippen molar-refractivity contribution in [1.29, 1.82) is 0 Å². The third kappa shape index (κ3) is 12.2. The predicted molar refractivity (Wildman–Crippen MR) is 256 cm³/mol. The Bertz CT molecular complexity index is 2510. The second kappa shape index (κ2) is 23.1. The average Bonchev–Trinajstić information content (AvgIpc) is 3.82. The van der Waals surface area contributed by atoms with Crippen molar-refractivity contribution in [3.63, 3.8) is 0 Å². The van der Waals surface area contributed by atoms with E-state index in [1.165, 1.54) is 55.1 Å². The first-order valence-electron chi connectivity index (χ1n) is 23.0. The van der Waals surface area contributed by atoms with Gasteiger partial charge in [-0.3, -0.25) is 38.4 Å². The number of carbonyl (C=O) groups excluding carboxylic acids is 7. The molecule has 0 spiro atoms. The van der Waals surface area contributed by atoms with Gasteiger partial charge in [0.1, 0.15) is 23.6 Å². The zero-order valence-electron chi connectivity index (χ0n) is 38.8. The van der Waals surface area contributed by atoms with Crippen molar-refractivity contribution in [3.8, 4) is 33.8 Å². The number of Topliss-reactive ketones (excluding diaryl/α,β-unsaturated/α-hetero) is 3. The largest absolute Gasteiger partial charge is 0.507 e. The van der Waals surface area contributed by atoms with Crippen molar-refractivity contribution in [1.82, 2.24) is 20.6 Å². The van der Waals surface area contributed by atoms with Gasteiger partial charge in [-0.05, 0) is 97.3 Å². The molecule has 0 saturated carbocycles. The van der Waals surface area contributed by atoms with Gasteiger partial charge in [-0.25, -0.2) is 5.48 Å². The van der Waals surface area contributed by atoms with Gasteiger partial charge in [0, 0.05) is 72.3 Å². The number of fused-ring (bicyclic) bond motifs is 5. The van der Waals surface area contributed by atoms with Crippen LogP contribution < -0.4 is 16.5 Å². The molecule has 16 heteroatoms. The Labute approximate surface area is 401 Å². The van der Waals surface area contributed by atoms with E-state index in [-0.39, 0.29) is 54.1 Å². The molecule has 0 radical (unpaired) electrons. The summed E-state index contributed by atoms with van der Waals surface area (Å²) in [6.45, 7) is 3.82. The van der Waals surface area contributed by atoms with Crippen LogP contribution in [0.15, 0.2) is 84.9 Å². The van der Waals surface area contributed by atoms with Crippen LogP contribution >= 0.6 is 11.6 Å². The first kappa shape index (κ1) is 51.0. The molecule has 2 aliphatic heterocycles. The van der Waals surface area contributed by atoms with E-state index >= 15 is 0 Å². The number of phenolic OH excluding ortho intramolecular Hbond substituents is 2. The number of aromatic hydroxyl groups is 2. The van der Waals surface area contributed by atoms with Crippen LogP contribution in [0.1, 0.15) is 92.7 Å². The van der Waals surface area contributed by atoms with Crippen LogP contribution in [-0.4, -0.2) is 100 Å². The molecule has 6 N–H and O–H groups in total. The number of ketones is 3. The maximum Gasteiger partial charge on any atom is 0.266 e. The summed E-state index contributed by atoms with van der Waals surface area (Å²) in [5.41, 5.74) is 11.4. The van der Waals surface area contributed by atoms with Crippen LogP contribution in [0.3, 0.4) is 0 Å². The van der Waals surface area contributed by atoms with Crippen molar-refractivity contribution in [3.05, 3.63) is 107 Å². The Kier molecular flexibility index (Phi) is 17.3. The monoisotopic (exact) mass is 949 g/mol. The fourth-order valence-corrected chi connectivity index (χ4v) is 9.30. The lowest BCUT2D eigenvalue weighted by molar-refractivity contribution is -0.146. The molecule has 0 unspecified atom stereocenters. The molecule has 15 nitrogen and oxygen atoms in total. The number of rotatable bonds is 16. The standard InChI is InChI=1S/C52H60ClN5O10/c1-30-24-47(63)48(57(3)52(67)37(8-5-6-22-54)29-45(61)35-13-11-33(12-14-35)34-15-18-38(53)19-16-34)36-17-21-44(60)40(28-36)39-26-32(10-20-43(39)59)27-41(55-49(30)64)46(62)25-31(2)51(66)58-23-7-9-42(58)50(65)56-68-4/h10-21,26,28,30-31,37,41-42,48,59-60H,5-9,22-25,27,29,54H2,1-4H3,(H,55,64)(H,56,65)/t30-,31-,37-,41+,42+,48+/m1/s1. The number of hydroxylamine groups is 1. The van der Waals surface area contributed by atoms with Gasteiger partial charge in [-0.2, -0.15) is 0 Å². The smallest absolute Gasteiger partial charge is 0.266 e. The molecule has 4 amide bonds. The molecular weight excluding hydrogens is 890 g/mol. The number of amides is 4. The summed E-state index contributed by atoms with van der Waals surface area (Å²) in [6, 6.07) is 20.1. The summed E-state index contributed by atoms with van der Waals surface area (Å²) >= 11 is 6.07. The number of nitrogens with one attached hydrogen (secondary N) is 2. The van der Waals surface area contributed by atoms with E-state index in [0.717, 1.165) is 11.1 Å². The van der Waals surface area contributed by atoms with Gasteiger partial charge >= 0.3 is 0 Å². The molecule has 4 aromatic carbocycles. The summed E-state index contributed by atoms with van der Waals surface area (Å²) in [7, 11) is 2.77. The number of hydrogen-bond donors (Lipinski definition) is 5. The highest BCUT2D eigenvalue weighted by Crippen LogP contribution is 2.40. The highest BCUT2D eigenvalue weighted by atomic mass is 35.5. The molecule has 0 aliphatic carbocycles. The van der Waals surface area contributed by atoms with E-state index in [1.807, 2.05) is 24.3 Å². The first-order chi connectivity index (χ1) is 32.5. The van der Waals surface area contributed by atoms with Gasteiger partial charge in [0.15, 0.2) is 17.3 Å². The molecule has 4 bridgehead atoms. The average molecular weight is 951 g/mol. The Morgan fingerprint density at radius 2 is 1.54 bits per heavy atom. The SMILES string of the molecule is CONC(=O)[C@@H]1CCCN1C(=O)[C@H](C)CC(=O)[C@@H]1Cc2ccc(O)c(c2)-c2cc(ccc2O)[C@H](N(C)C(=O)[C@H](CCCCN)CC(=O)c2ccc(-c3ccc(Cl)cc3)cc2)C(=O)C[C@@H](C)C(=O)N1. The number of nitrogens with zero attached hydrogens (tertiary/aromatic N) is 2. The van der Waals surface area contributed by atoms with E-state index < -0.39 is 71.1 Å². The molecule has 2 aliphatic rings. The van der Waals surface area contributed by atoms with Crippen molar-refractivity contribution < 1.29 is 48.6 Å². The number of likely N-dealkylation sites (tertiary alicyclic amines) is 1. The lowest BCUT2D eigenvalue weighted by atomic mass is 9.87. The second-order valence-corrected chi connectivity index (χ2v) is 18.4. The Morgan fingerprint density at radius 3 is 2.21 bits per heavy atom. The fraction of sp³-hybridized carbons (Fsp3) is 0.404. The van der Waals surface area contributed by atoms with Gasteiger partial charge in [0.2, 0.25) is 17.7 Å². The third-order valence-electron chi connectivity index (χ3n) is 13.0. The van der Waals surface area contributed by atoms with Crippen LogP contribution in [0.5, 0.6) is 11.5 Å². The van der Waals surface area contributed by atoms with Crippen molar-refractivity contribution >= 4 is 52.6 Å². The minimum atomic E-state index is -1.30. The van der Waals surface area contributed by atoms with Gasteiger partial charge in [0.25, 0.3) is 5.91 Å². The van der Waals surface area contributed by atoms with Crippen LogP contribution in [0.4, 0.5) is 0 Å². The number of carbonyl (C=O) groups is 7. The molecule has 4 aromatic rings. The Hall–Kier alpha value is -6.42. The minimum Gasteiger partial charge on any atom is -0.507 e. The highest BCUT2D eigenvalue weighted by molar-refractivity contribution is 6.30. The van der Waals surface area contributed by atoms with E-state index in [0.29, 0.717) is 66.9 Å². The molecule has 6 rings (SSSR count). The van der Waals surface area contributed by atoms with Crippen LogP contribution in [0.2, 0.25) is 5.02 Å². The lowest BCUT2D eigenvalue weighted by Crippen LogP contribution is -2.49. The van der Waals surface area contributed by atoms with Crippen LogP contribution in [0, 0.1) is 17.8 Å². The van der Waals surface area contributed by atoms with Crippen LogP contribution in [0.25, 0.3) is 22.3 Å². The molecule has 360 valence electrons. The van der Waals surface area contributed by atoms with E-state index in [2.05, 4.69) is 10.8 Å². The Balaban J connectivity index is 1.28. The zero-order chi connectivity index (χ0) is 49.2. The molecule has 2 heterocycles. The van der Waals surface area contributed by atoms with Gasteiger partial charge < -0.3 is 31.1 Å². The summed E-state index contributed by atoms with van der Waals surface area (Å²) in [5, 5.41) is 25.9.